The number of hydrogen-bond acceptors (Lipinski definition) is 3. The van der Waals surface area contributed by atoms with Gasteiger partial charge in [-0.1, -0.05) is 0 Å². The molecule has 0 atom stereocenters. The molecule has 5 heteroatoms. The Kier molecular flexibility index (Phi) is 7.07. The summed E-state index contributed by atoms with van der Waals surface area (Å²) in [7, 11) is 6.14. The molecular weight excluding hydrogens is 190 g/mol. The summed E-state index contributed by atoms with van der Waals surface area (Å²) < 4.78 is 0. The lowest BCUT2D eigenvalue weighted by Gasteiger charge is -2.22. The summed E-state index contributed by atoms with van der Waals surface area (Å²) >= 11 is 0. The first-order valence-corrected chi connectivity index (χ1v) is 5.37. The fourth-order valence-corrected chi connectivity index (χ4v) is 1.22. The summed E-state index contributed by atoms with van der Waals surface area (Å²) in [5.74, 6) is 6.17. The average Bonchev–Trinajstić information content (AvgIpc) is 2.13. The molecule has 0 rings (SSSR count). The van der Waals surface area contributed by atoms with E-state index in [1.165, 1.54) is 0 Å². The van der Waals surface area contributed by atoms with E-state index >= 15 is 0 Å². The summed E-state index contributed by atoms with van der Waals surface area (Å²) in [5.41, 5.74) is 2.63. The summed E-state index contributed by atoms with van der Waals surface area (Å²) in [6.07, 6.45) is 1.10. The van der Waals surface area contributed by atoms with Crippen LogP contribution in [0.25, 0.3) is 0 Å². The van der Waals surface area contributed by atoms with E-state index in [4.69, 9.17) is 5.84 Å². The van der Waals surface area contributed by atoms with Crippen LogP contribution in [0.4, 0.5) is 0 Å². The fraction of sp³-hybridized carbons (Fsp3) is 0.900. The molecule has 5 nitrogen and oxygen atoms in total. The molecule has 0 bridgehead atoms. The minimum atomic E-state index is 0.257. The first kappa shape index (κ1) is 14.2. The van der Waals surface area contributed by atoms with E-state index < -0.39 is 0 Å². The van der Waals surface area contributed by atoms with Crippen LogP contribution in [-0.2, 0) is 0 Å². The molecule has 0 aliphatic carbocycles. The van der Waals surface area contributed by atoms with Gasteiger partial charge in [-0.2, -0.15) is 0 Å². The number of hydrogen-bond donors (Lipinski definition) is 2. The molecule has 0 fully saturated rings. The molecule has 0 radical (unpaired) electrons. The second-order valence-electron chi connectivity index (χ2n) is 4.27. The smallest absolute Gasteiger partial charge is 0.208 e. The average molecular weight is 215 g/mol. The quantitative estimate of drug-likeness (QED) is 0.295. The van der Waals surface area contributed by atoms with Crippen molar-refractivity contribution in [1.82, 2.24) is 15.2 Å². The number of aliphatic imine (C=N–C) groups is 1. The number of guanidine groups is 1. The Hall–Kier alpha value is -0.810. The summed E-state index contributed by atoms with van der Waals surface area (Å²) in [6, 6.07) is 0.257. The van der Waals surface area contributed by atoms with Gasteiger partial charge < -0.3 is 9.80 Å². The maximum Gasteiger partial charge on any atom is 0.208 e. The third-order valence-electron chi connectivity index (χ3n) is 1.97. The van der Waals surface area contributed by atoms with Gasteiger partial charge in [0.2, 0.25) is 5.96 Å². The van der Waals surface area contributed by atoms with Crippen LogP contribution in [0.3, 0.4) is 0 Å². The molecule has 0 spiro atoms. The Morgan fingerprint density at radius 1 is 1.27 bits per heavy atom. The highest BCUT2D eigenvalue weighted by molar-refractivity contribution is 5.79. The largest absolute Gasteiger partial charge is 0.345 e. The molecule has 0 aromatic rings. The molecule has 0 aliphatic heterocycles. The van der Waals surface area contributed by atoms with Crippen molar-refractivity contribution >= 4 is 5.96 Å². The lowest BCUT2D eigenvalue weighted by molar-refractivity contribution is 0.365. The molecule has 0 aromatic carbocycles. The molecule has 0 amide bonds. The van der Waals surface area contributed by atoms with E-state index in [0.29, 0.717) is 0 Å². The molecular formula is C10H25N5. The van der Waals surface area contributed by atoms with Gasteiger partial charge in [0.25, 0.3) is 0 Å². The number of hydrazine groups is 1. The number of rotatable bonds is 5. The highest BCUT2D eigenvalue weighted by Crippen LogP contribution is 1.93. The lowest BCUT2D eigenvalue weighted by Crippen LogP contribution is -2.44. The normalized spacial score (nSPS) is 12.4. The minimum Gasteiger partial charge on any atom is -0.345 e. The van der Waals surface area contributed by atoms with Crippen LogP contribution in [0.5, 0.6) is 0 Å². The van der Waals surface area contributed by atoms with E-state index in [-0.39, 0.29) is 6.04 Å². The van der Waals surface area contributed by atoms with Gasteiger partial charge in [0.1, 0.15) is 0 Å². The summed E-state index contributed by atoms with van der Waals surface area (Å²) in [5, 5.41) is 0. The van der Waals surface area contributed by atoms with E-state index in [0.717, 1.165) is 25.5 Å². The van der Waals surface area contributed by atoms with Gasteiger partial charge in [-0.05, 0) is 40.9 Å². The van der Waals surface area contributed by atoms with Gasteiger partial charge in [0, 0.05) is 19.6 Å². The van der Waals surface area contributed by atoms with Crippen molar-refractivity contribution in [2.24, 2.45) is 10.8 Å². The van der Waals surface area contributed by atoms with E-state index in [1.54, 1.807) is 0 Å². The molecule has 0 aliphatic rings. The van der Waals surface area contributed by atoms with Gasteiger partial charge in [0.05, 0.1) is 0 Å². The Labute approximate surface area is 93.3 Å². The molecule has 0 saturated heterocycles. The first-order valence-electron chi connectivity index (χ1n) is 5.37. The van der Waals surface area contributed by atoms with Crippen LogP contribution in [0, 0.1) is 0 Å². The lowest BCUT2D eigenvalue weighted by atomic mass is 10.4. The topological polar surface area (TPSA) is 56.9 Å². The van der Waals surface area contributed by atoms with Crippen molar-refractivity contribution < 1.29 is 0 Å². The number of nitrogens with two attached hydrogens (primary N) is 1. The van der Waals surface area contributed by atoms with Crippen LogP contribution < -0.4 is 11.3 Å². The first-order chi connectivity index (χ1) is 6.97. The fourth-order valence-electron chi connectivity index (χ4n) is 1.22. The summed E-state index contributed by atoms with van der Waals surface area (Å²) in [4.78, 5) is 8.60. The second-order valence-corrected chi connectivity index (χ2v) is 4.27. The number of nitrogens with zero attached hydrogens (tertiary/aromatic N) is 3. The third kappa shape index (κ3) is 7.16. The van der Waals surface area contributed by atoms with E-state index in [9.17, 15) is 0 Å². The minimum absolute atomic E-state index is 0.257. The van der Waals surface area contributed by atoms with Gasteiger partial charge in [-0.25, -0.2) is 10.8 Å². The standard InChI is InChI=1S/C10H25N5/c1-9(2)12-10(13-11)15(5)8-6-7-14(3)4/h9H,6-8,11H2,1-5H3,(H,12,13). The SMILES string of the molecule is CC(C)N=C(NN)N(C)CCCN(C)C. The van der Waals surface area contributed by atoms with Crippen LogP contribution in [0.15, 0.2) is 4.99 Å². The van der Waals surface area contributed by atoms with E-state index in [1.807, 2.05) is 25.8 Å². The maximum atomic E-state index is 5.42. The second kappa shape index (κ2) is 7.48. The van der Waals surface area contributed by atoms with Gasteiger partial charge >= 0.3 is 0 Å². The maximum absolute atomic E-state index is 5.42. The third-order valence-corrected chi connectivity index (χ3v) is 1.97. The van der Waals surface area contributed by atoms with Crippen LogP contribution in [-0.4, -0.2) is 56.0 Å². The monoisotopic (exact) mass is 215 g/mol. The van der Waals surface area contributed by atoms with Gasteiger partial charge in [-0.15, -0.1) is 0 Å². The van der Waals surface area contributed by atoms with Crippen molar-refractivity contribution in [1.29, 1.82) is 0 Å². The van der Waals surface area contributed by atoms with Crippen molar-refractivity contribution in [3.05, 3.63) is 0 Å². The highest BCUT2D eigenvalue weighted by Gasteiger charge is 2.05. The Bertz CT molecular complexity index is 188. The molecule has 0 aromatic heterocycles. The zero-order valence-corrected chi connectivity index (χ0v) is 10.6. The zero-order chi connectivity index (χ0) is 11.8. The van der Waals surface area contributed by atoms with Crippen molar-refractivity contribution in [2.45, 2.75) is 26.3 Å². The Morgan fingerprint density at radius 2 is 1.87 bits per heavy atom. The van der Waals surface area contributed by atoms with Gasteiger partial charge in [0.15, 0.2) is 0 Å². The van der Waals surface area contributed by atoms with Crippen LogP contribution in [0.2, 0.25) is 0 Å². The molecule has 0 unspecified atom stereocenters. The Balaban J connectivity index is 3.99. The number of nitrogens with one attached hydrogen (secondary N) is 1. The summed E-state index contributed by atoms with van der Waals surface area (Å²) in [6.45, 7) is 6.09. The molecule has 0 heterocycles. The molecule has 0 saturated carbocycles. The van der Waals surface area contributed by atoms with Crippen molar-refractivity contribution in [3.8, 4) is 0 Å². The van der Waals surface area contributed by atoms with E-state index in [2.05, 4.69) is 29.4 Å². The molecule has 15 heavy (non-hydrogen) atoms. The van der Waals surface area contributed by atoms with Crippen molar-refractivity contribution in [2.75, 3.05) is 34.2 Å². The zero-order valence-electron chi connectivity index (χ0n) is 10.6. The predicted molar refractivity (Wildman–Crippen MR) is 65.7 cm³/mol. The van der Waals surface area contributed by atoms with Crippen molar-refractivity contribution in [3.63, 3.8) is 0 Å². The molecule has 3 N–H and O–H groups in total. The Morgan fingerprint density at radius 3 is 2.27 bits per heavy atom. The highest BCUT2D eigenvalue weighted by atomic mass is 15.4. The van der Waals surface area contributed by atoms with Crippen LogP contribution >= 0.6 is 0 Å². The molecule has 90 valence electrons. The predicted octanol–water partition coefficient (Wildman–Crippen LogP) is 0.0976. The van der Waals surface area contributed by atoms with Gasteiger partial charge in [-0.3, -0.25) is 5.43 Å². The van der Waals surface area contributed by atoms with Crippen LogP contribution in [0.1, 0.15) is 20.3 Å².